The van der Waals surface area contributed by atoms with Crippen LogP contribution in [-0.2, 0) is 6.42 Å². The van der Waals surface area contributed by atoms with E-state index in [2.05, 4.69) is 25.6 Å². The smallest absolute Gasteiger partial charge is 0.267 e. The van der Waals surface area contributed by atoms with Gasteiger partial charge >= 0.3 is 0 Å². The Kier molecular flexibility index (Phi) is 7.03. The number of carbonyl (C=O) groups is 1. The zero-order valence-corrected chi connectivity index (χ0v) is 19.0. The fraction of sp³-hybridized carbons (Fsp3) is 0.174. The Balaban J connectivity index is 1.33. The van der Waals surface area contributed by atoms with Gasteiger partial charge in [-0.3, -0.25) is 4.79 Å². The zero-order chi connectivity index (χ0) is 22.3. The van der Waals surface area contributed by atoms with E-state index in [1.807, 2.05) is 49.5 Å². The summed E-state index contributed by atoms with van der Waals surface area (Å²) < 4.78 is 5.84. The zero-order valence-electron chi connectivity index (χ0n) is 17.4. The minimum atomic E-state index is -0.250. The van der Waals surface area contributed by atoms with E-state index in [1.165, 1.54) is 11.3 Å². The van der Waals surface area contributed by atoms with Gasteiger partial charge in [-0.1, -0.05) is 41.1 Å². The number of para-hydroxylation sites is 1. The molecule has 2 aromatic heterocycles. The first-order valence-electron chi connectivity index (χ1n) is 10.1. The van der Waals surface area contributed by atoms with Crippen LogP contribution in [0, 0.1) is 6.92 Å². The summed E-state index contributed by atoms with van der Waals surface area (Å²) in [6.45, 7) is 2.49. The number of aromatic nitrogens is 3. The van der Waals surface area contributed by atoms with Crippen molar-refractivity contribution in [1.29, 1.82) is 0 Å². The topological polar surface area (TPSA) is 91.9 Å². The number of rotatable bonds is 9. The fourth-order valence-corrected chi connectivity index (χ4v) is 4.05. The first-order chi connectivity index (χ1) is 15.6. The number of anilines is 3. The molecule has 0 bridgehead atoms. The van der Waals surface area contributed by atoms with Crippen molar-refractivity contribution in [2.75, 3.05) is 17.2 Å². The third-order valence-electron chi connectivity index (χ3n) is 4.66. The van der Waals surface area contributed by atoms with Gasteiger partial charge in [0.25, 0.3) is 5.91 Å². The molecule has 0 spiro atoms. The van der Waals surface area contributed by atoms with Crippen LogP contribution in [0.1, 0.15) is 27.5 Å². The molecule has 32 heavy (non-hydrogen) atoms. The third-order valence-corrected chi connectivity index (χ3v) is 5.88. The maximum atomic E-state index is 12.6. The van der Waals surface area contributed by atoms with E-state index >= 15 is 0 Å². The predicted octanol–water partition coefficient (Wildman–Crippen LogP) is 5.84. The molecule has 4 aromatic rings. The molecule has 2 aromatic carbocycles. The molecule has 1 amide bonds. The second kappa shape index (κ2) is 10.3. The van der Waals surface area contributed by atoms with Gasteiger partial charge in [-0.2, -0.15) is 0 Å². The summed E-state index contributed by atoms with van der Waals surface area (Å²) in [6, 6.07) is 13.1. The van der Waals surface area contributed by atoms with Gasteiger partial charge in [0.05, 0.1) is 23.5 Å². The lowest BCUT2D eigenvalue weighted by Gasteiger charge is -2.09. The molecule has 0 saturated carbocycles. The van der Waals surface area contributed by atoms with Crippen LogP contribution in [0.15, 0.2) is 61.1 Å². The molecule has 7 nitrogen and oxygen atoms in total. The van der Waals surface area contributed by atoms with Crippen LogP contribution in [-0.4, -0.2) is 27.5 Å². The second-order valence-electron chi connectivity index (χ2n) is 7.06. The van der Waals surface area contributed by atoms with Gasteiger partial charge < -0.3 is 20.4 Å². The normalized spacial score (nSPS) is 10.7. The Labute approximate surface area is 194 Å². The number of aryl methyl sites for hydroxylation is 2. The largest absolute Gasteiger partial charge is 0.494 e. The lowest BCUT2D eigenvalue weighted by Crippen LogP contribution is -2.11. The van der Waals surface area contributed by atoms with Crippen LogP contribution < -0.4 is 15.4 Å². The van der Waals surface area contributed by atoms with Crippen molar-refractivity contribution < 1.29 is 9.53 Å². The van der Waals surface area contributed by atoms with Crippen molar-refractivity contribution >= 4 is 45.4 Å². The SMILES string of the molecule is Cc1cccc(Cl)c1NC(=O)c1cnc(Nc2cccc(OCCCc3ncc[nH]3)c2)s1. The molecule has 9 heteroatoms. The quantitative estimate of drug-likeness (QED) is 0.269. The Morgan fingerprint density at radius 3 is 2.91 bits per heavy atom. The summed E-state index contributed by atoms with van der Waals surface area (Å²) in [7, 11) is 0. The number of ether oxygens (including phenoxy) is 1. The number of hydrogen-bond acceptors (Lipinski definition) is 6. The van der Waals surface area contributed by atoms with Gasteiger partial charge in [0, 0.05) is 30.6 Å². The number of halogens is 1. The van der Waals surface area contributed by atoms with Crippen LogP contribution in [0.3, 0.4) is 0 Å². The summed E-state index contributed by atoms with van der Waals surface area (Å²) in [6.07, 6.45) is 6.81. The minimum absolute atomic E-state index is 0.250. The van der Waals surface area contributed by atoms with Crippen molar-refractivity contribution in [3.8, 4) is 5.75 Å². The van der Waals surface area contributed by atoms with Gasteiger partial charge in [0.1, 0.15) is 16.5 Å². The summed E-state index contributed by atoms with van der Waals surface area (Å²) in [5.74, 6) is 1.47. The molecule has 0 unspecified atom stereocenters. The number of benzene rings is 2. The first-order valence-corrected chi connectivity index (χ1v) is 11.3. The van der Waals surface area contributed by atoms with Crippen LogP contribution in [0.5, 0.6) is 5.75 Å². The molecule has 0 aliphatic carbocycles. The van der Waals surface area contributed by atoms with E-state index in [0.29, 0.717) is 27.3 Å². The molecule has 0 aliphatic rings. The Hall–Kier alpha value is -3.36. The number of thiazole rings is 1. The van der Waals surface area contributed by atoms with Crippen molar-refractivity contribution in [2.45, 2.75) is 19.8 Å². The number of imidazole rings is 1. The highest BCUT2D eigenvalue weighted by Gasteiger charge is 2.14. The highest BCUT2D eigenvalue weighted by Crippen LogP contribution is 2.28. The number of hydrogen-bond donors (Lipinski definition) is 3. The lowest BCUT2D eigenvalue weighted by molar-refractivity contribution is 0.103. The van der Waals surface area contributed by atoms with Crippen LogP contribution >= 0.6 is 22.9 Å². The fourth-order valence-electron chi connectivity index (χ4n) is 3.05. The molecule has 0 fully saturated rings. The molecule has 0 saturated heterocycles. The van der Waals surface area contributed by atoms with Gasteiger partial charge in [0.2, 0.25) is 0 Å². The average Bonchev–Trinajstić information content (AvgIpc) is 3.46. The number of amides is 1. The van der Waals surface area contributed by atoms with Crippen molar-refractivity contribution in [1.82, 2.24) is 15.0 Å². The Bertz CT molecular complexity index is 1170. The third kappa shape index (κ3) is 5.66. The molecule has 2 heterocycles. The van der Waals surface area contributed by atoms with E-state index in [0.717, 1.165) is 35.7 Å². The van der Waals surface area contributed by atoms with E-state index in [4.69, 9.17) is 16.3 Å². The highest BCUT2D eigenvalue weighted by molar-refractivity contribution is 7.17. The summed E-state index contributed by atoms with van der Waals surface area (Å²) in [4.78, 5) is 24.7. The van der Waals surface area contributed by atoms with Crippen molar-refractivity contribution in [3.05, 3.63) is 82.3 Å². The standard InChI is InChI=1S/C23H22ClN5O2S/c1-15-5-2-8-18(24)21(15)29-22(30)19-14-27-23(32-19)28-16-6-3-7-17(13-16)31-12-4-9-20-25-10-11-26-20/h2-3,5-8,10-11,13-14H,4,9,12H2,1H3,(H,25,26)(H,27,28)(H,29,30). The van der Waals surface area contributed by atoms with Gasteiger partial charge in [-0.25, -0.2) is 9.97 Å². The van der Waals surface area contributed by atoms with Gasteiger partial charge in [-0.05, 0) is 37.1 Å². The minimum Gasteiger partial charge on any atom is -0.494 e. The lowest BCUT2D eigenvalue weighted by atomic mass is 10.2. The molecule has 0 aliphatic heterocycles. The molecular weight excluding hydrogens is 446 g/mol. The highest BCUT2D eigenvalue weighted by atomic mass is 35.5. The van der Waals surface area contributed by atoms with E-state index in [9.17, 15) is 4.79 Å². The van der Waals surface area contributed by atoms with Gasteiger partial charge in [-0.15, -0.1) is 0 Å². The second-order valence-corrected chi connectivity index (χ2v) is 8.49. The maximum absolute atomic E-state index is 12.6. The Morgan fingerprint density at radius 2 is 2.09 bits per heavy atom. The summed E-state index contributed by atoms with van der Waals surface area (Å²) in [5.41, 5.74) is 2.34. The van der Waals surface area contributed by atoms with Crippen LogP contribution in [0.4, 0.5) is 16.5 Å². The van der Waals surface area contributed by atoms with Crippen molar-refractivity contribution in [3.63, 3.8) is 0 Å². The van der Waals surface area contributed by atoms with Crippen molar-refractivity contribution in [2.24, 2.45) is 0 Å². The maximum Gasteiger partial charge on any atom is 0.267 e. The first kappa shape index (κ1) is 21.9. The van der Waals surface area contributed by atoms with Crippen LogP contribution in [0.2, 0.25) is 5.02 Å². The van der Waals surface area contributed by atoms with E-state index < -0.39 is 0 Å². The van der Waals surface area contributed by atoms with Gasteiger partial charge in [0.15, 0.2) is 5.13 Å². The number of aromatic amines is 1. The number of nitrogens with one attached hydrogen (secondary N) is 3. The monoisotopic (exact) mass is 467 g/mol. The van der Waals surface area contributed by atoms with Crippen LogP contribution in [0.25, 0.3) is 0 Å². The number of carbonyl (C=O) groups excluding carboxylic acids is 1. The molecule has 0 radical (unpaired) electrons. The number of nitrogens with zero attached hydrogens (tertiary/aromatic N) is 2. The molecular formula is C23H22ClN5O2S. The van der Waals surface area contributed by atoms with E-state index in [1.54, 1.807) is 18.5 Å². The molecule has 4 rings (SSSR count). The summed E-state index contributed by atoms with van der Waals surface area (Å²) >= 11 is 7.47. The molecule has 164 valence electrons. The molecule has 3 N–H and O–H groups in total. The molecule has 0 atom stereocenters. The number of H-pyrrole nitrogens is 1. The average molecular weight is 468 g/mol. The van der Waals surface area contributed by atoms with E-state index in [-0.39, 0.29) is 5.91 Å². The summed E-state index contributed by atoms with van der Waals surface area (Å²) in [5, 5.41) is 7.20. The Morgan fingerprint density at radius 1 is 1.22 bits per heavy atom. The predicted molar refractivity (Wildman–Crippen MR) is 128 cm³/mol.